The highest BCUT2D eigenvalue weighted by molar-refractivity contribution is 5.97. The van der Waals surface area contributed by atoms with Crippen LogP contribution in [0.4, 0.5) is 11.6 Å². The topological polar surface area (TPSA) is 196 Å². The van der Waals surface area contributed by atoms with Gasteiger partial charge in [-0.3, -0.25) is 24.2 Å². The van der Waals surface area contributed by atoms with E-state index in [1.165, 1.54) is 20.0 Å². The monoisotopic (exact) mass is 841 g/mol. The number of anilines is 2. The fourth-order valence-corrected chi connectivity index (χ4v) is 9.03. The highest BCUT2D eigenvalue weighted by Crippen LogP contribution is 2.30. The molecule has 2 saturated heterocycles. The second kappa shape index (κ2) is 22.9. The molecule has 3 aromatic rings. The van der Waals surface area contributed by atoms with E-state index in [9.17, 15) is 24.3 Å². The molecule has 7 rings (SSSR count). The lowest BCUT2D eigenvalue weighted by Crippen LogP contribution is -2.38. The number of ether oxygens (including phenoxy) is 2. The molecule has 4 N–H and O–H groups in total. The molecule has 0 aromatic carbocycles. The first-order valence-electron chi connectivity index (χ1n) is 22.3. The molecule has 4 fully saturated rings. The molecule has 15 nitrogen and oxygen atoms in total. The fourth-order valence-electron chi connectivity index (χ4n) is 9.03. The van der Waals surface area contributed by atoms with Crippen LogP contribution in [0.3, 0.4) is 0 Å². The average molecular weight is 842 g/mol. The number of carboxylic acid groups (broad SMARTS) is 2. The third-order valence-electron chi connectivity index (χ3n) is 12.2. The Morgan fingerprint density at radius 3 is 1.66 bits per heavy atom. The zero-order chi connectivity index (χ0) is 43.0. The summed E-state index contributed by atoms with van der Waals surface area (Å²) in [6, 6.07) is 11.6. The summed E-state index contributed by atoms with van der Waals surface area (Å²) in [5.41, 5.74) is 1.95. The summed E-state index contributed by atoms with van der Waals surface area (Å²) < 4.78 is 11.4. The van der Waals surface area contributed by atoms with Gasteiger partial charge in [-0.15, -0.1) is 0 Å². The Morgan fingerprint density at radius 1 is 0.672 bits per heavy atom. The largest absolute Gasteiger partial charge is 0.481 e. The lowest BCUT2D eigenvalue weighted by atomic mass is 9.95. The number of hydrogen-bond acceptors (Lipinski definition) is 11. The SMILES string of the molecule is COc1nc(N2CCC[C@@H](CC(=O)O)C2)ccc1C(=O)NC1CCCCC1.O=C(O)C[C@@H]1CCCN(c2ccc(C(=O)NC3CCCCC3)c(OCCc3cccnc3)n2)C1. The van der Waals surface area contributed by atoms with Gasteiger partial charge in [-0.2, -0.15) is 9.97 Å². The maximum absolute atomic E-state index is 13.1. The first-order chi connectivity index (χ1) is 29.6. The van der Waals surface area contributed by atoms with E-state index in [4.69, 9.17) is 19.6 Å². The number of nitrogens with zero attached hydrogens (tertiary/aromatic N) is 5. The van der Waals surface area contributed by atoms with E-state index < -0.39 is 11.9 Å². The van der Waals surface area contributed by atoms with Crippen LogP contribution in [0.5, 0.6) is 11.8 Å². The molecule has 61 heavy (non-hydrogen) atoms. The number of aliphatic carboxylic acids is 2. The van der Waals surface area contributed by atoms with Crippen molar-refractivity contribution >= 4 is 35.4 Å². The van der Waals surface area contributed by atoms with E-state index in [1.807, 2.05) is 24.3 Å². The van der Waals surface area contributed by atoms with Crippen molar-refractivity contribution in [3.8, 4) is 11.8 Å². The summed E-state index contributed by atoms with van der Waals surface area (Å²) in [7, 11) is 1.52. The molecule has 2 amide bonds. The van der Waals surface area contributed by atoms with Crippen molar-refractivity contribution in [2.75, 3.05) is 49.7 Å². The lowest BCUT2D eigenvalue weighted by molar-refractivity contribution is -0.139. The molecule has 2 atom stereocenters. The maximum atomic E-state index is 13.1. The number of hydrogen-bond donors (Lipinski definition) is 4. The second-order valence-corrected chi connectivity index (χ2v) is 16.9. The van der Waals surface area contributed by atoms with Crippen molar-refractivity contribution in [2.24, 2.45) is 11.8 Å². The van der Waals surface area contributed by atoms with Gasteiger partial charge in [0.05, 0.1) is 13.7 Å². The van der Waals surface area contributed by atoms with Crippen molar-refractivity contribution < 1.29 is 38.9 Å². The molecule has 15 heteroatoms. The zero-order valence-electron chi connectivity index (χ0n) is 35.6. The number of carbonyl (C=O) groups excluding carboxylic acids is 2. The summed E-state index contributed by atoms with van der Waals surface area (Å²) in [4.78, 5) is 65.5. The van der Waals surface area contributed by atoms with Crippen LogP contribution in [-0.2, 0) is 16.0 Å². The van der Waals surface area contributed by atoms with Gasteiger partial charge in [0.2, 0.25) is 11.8 Å². The van der Waals surface area contributed by atoms with Crippen LogP contribution in [0.15, 0.2) is 48.8 Å². The molecule has 5 heterocycles. The van der Waals surface area contributed by atoms with E-state index in [0.29, 0.717) is 49.0 Å². The fraction of sp³-hybridized carbons (Fsp3) is 0.587. The number of carboxylic acids is 2. The summed E-state index contributed by atoms with van der Waals surface area (Å²) in [5.74, 6) is 0.504. The highest BCUT2D eigenvalue weighted by atomic mass is 16.5. The van der Waals surface area contributed by atoms with Crippen LogP contribution in [0.1, 0.15) is 129 Å². The van der Waals surface area contributed by atoms with Crippen molar-refractivity contribution in [3.63, 3.8) is 0 Å². The Bertz CT molecular complexity index is 1900. The van der Waals surface area contributed by atoms with Gasteiger partial charge in [-0.1, -0.05) is 44.6 Å². The van der Waals surface area contributed by atoms with Crippen LogP contribution in [0.2, 0.25) is 0 Å². The third kappa shape index (κ3) is 13.8. The highest BCUT2D eigenvalue weighted by Gasteiger charge is 2.27. The van der Waals surface area contributed by atoms with Crippen LogP contribution in [0.25, 0.3) is 0 Å². The molecular formula is C46H63N7O8. The maximum Gasteiger partial charge on any atom is 0.303 e. The quantitative estimate of drug-likeness (QED) is 0.126. The van der Waals surface area contributed by atoms with Crippen molar-refractivity contribution in [1.82, 2.24) is 25.6 Å². The molecule has 2 aliphatic heterocycles. The van der Waals surface area contributed by atoms with Crippen LogP contribution >= 0.6 is 0 Å². The summed E-state index contributed by atoms with van der Waals surface area (Å²) in [6.07, 6.45) is 19.3. The van der Waals surface area contributed by atoms with E-state index in [0.717, 1.165) is 107 Å². The Morgan fingerprint density at radius 2 is 1.18 bits per heavy atom. The number of carbonyl (C=O) groups is 4. The Hall–Kier alpha value is -5.47. The first-order valence-corrected chi connectivity index (χ1v) is 22.3. The Balaban J connectivity index is 0.000000210. The molecule has 0 spiro atoms. The van der Waals surface area contributed by atoms with Crippen molar-refractivity contribution in [3.05, 3.63) is 65.5 Å². The average Bonchev–Trinajstić information content (AvgIpc) is 3.27. The number of amides is 2. The lowest BCUT2D eigenvalue weighted by Gasteiger charge is -2.33. The number of rotatable bonds is 15. The molecule has 0 bridgehead atoms. The van der Waals surface area contributed by atoms with Gasteiger partial charge in [0.15, 0.2) is 0 Å². The smallest absolute Gasteiger partial charge is 0.303 e. The molecule has 2 saturated carbocycles. The molecule has 4 aliphatic rings. The van der Waals surface area contributed by atoms with Crippen molar-refractivity contribution in [1.29, 1.82) is 0 Å². The minimum Gasteiger partial charge on any atom is -0.481 e. The molecule has 3 aromatic heterocycles. The van der Waals surface area contributed by atoms with Gasteiger partial charge < -0.3 is 40.1 Å². The van der Waals surface area contributed by atoms with Crippen molar-refractivity contribution in [2.45, 2.75) is 121 Å². The Labute approximate surface area is 359 Å². The summed E-state index contributed by atoms with van der Waals surface area (Å²) in [5, 5.41) is 24.5. The van der Waals surface area contributed by atoms with Gasteiger partial charge in [-0.05, 0) is 99.1 Å². The number of nitrogens with one attached hydrogen (secondary N) is 2. The van der Waals surface area contributed by atoms with E-state index in [-0.39, 0.29) is 48.6 Å². The predicted molar refractivity (Wildman–Crippen MR) is 232 cm³/mol. The van der Waals surface area contributed by atoms with Gasteiger partial charge in [-0.25, -0.2) is 0 Å². The van der Waals surface area contributed by atoms with E-state index in [1.54, 1.807) is 24.5 Å². The Kier molecular flexibility index (Phi) is 16.9. The minimum atomic E-state index is -0.769. The number of methoxy groups -OCH3 is 1. The van der Waals surface area contributed by atoms with E-state index >= 15 is 0 Å². The van der Waals surface area contributed by atoms with Crippen LogP contribution < -0.4 is 29.9 Å². The standard InChI is InChI=1S/C26H34N4O4.C20H29N3O4/c31-24(32)16-20-7-5-14-30(18-20)23-11-10-22(25(33)28-21-8-2-1-3-9-21)26(29-23)34-15-12-19-6-4-13-27-17-19;1-27-20-16(19(26)21-15-7-3-2-4-8-15)9-10-17(22-20)23-11-5-6-14(13-23)12-18(24)25/h4,6,10-11,13,17,20-21H,1-3,5,7-9,12,14-16,18H2,(H,28,33)(H,31,32);9-10,14-15H,2-8,11-13H2,1H3,(H,21,26)(H,24,25)/t20-;14-/m00/s1. The molecular weight excluding hydrogens is 779 g/mol. The first kappa shape index (κ1) is 45.1. The second-order valence-electron chi connectivity index (χ2n) is 16.9. The number of aromatic nitrogens is 3. The van der Waals surface area contributed by atoms with Gasteiger partial charge in [0.25, 0.3) is 11.8 Å². The third-order valence-corrected chi connectivity index (χ3v) is 12.2. The van der Waals surface area contributed by atoms with Crippen LogP contribution in [0, 0.1) is 11.8 Å². The van der Waals surface area contributed by atoms with Gasteiger partial charge in [0.1, 0.15) is 22.8 Å². The van der Waals surface area contributed by atoms with Gasteiger partial charge >= 0.3 is 11.9 Å². The van der Waals surface area contributed by atoms with Gasteiger partial charge in [0, 0.05) is 69.9 Å². The predicted octanol–water partition coefficient (Wildman–Crippen LogP) is 6.70. The summed E-state index contributed by atoms with van der Waals surface area (Å²) in [6.45, 7) is 3.33. The molecule has 2 aliphatic carbocycles. The zero-order valence-corrected chi connectivity index (χ0v) is 35.6. The number of piperidine rings is 2. The normalized spacial score (nSPS) is 19.8. The van der Waals surface area contributed by atoms with E-state index in [2.05, 4.69) is 30.4 Å². The van der Waals surface area contributed by atoms with Crippen LogP contribution in [-0.4, -0.2) is 101 Å². The minimum absolute atomic E-state index is 0.0947. The summed E-state index contributed by atoms with van der Waals surface area (Å²) >= 11 is 0. The number of pyridine rings is 3. The molecule has 0 unspecified atom stereocenters. The molecule has 0 radical (unpaired) electrons. The molecule has 330 valence electrons.